The molecule has 24 heavy (non-hydrogen) atoms. The van der Waals surface area contributed by atoms with Gasteiger partial charge in [0.1, 0.15) is 16.5 Å². The number of rotatable bonds is 2. The maximum absolute atomic E-state index is 11.5. The summed E-state index contributed by atoms with van der Waals surface area (Å²) in [6, 6.07) is 15.0. The molecule has 0 spiro atoms. The third-order valence-electron chi connectivity index (χ3n) is 3.88. The number of aromatic amines is 1. The van der Waals surface area contributed by atoms with Gasteiger partial charge in [0.25, 0.3) is 10.1 Å². The molecule has 0 saturated heterocycles. The zero-order valence-corrected chi connectivity index (χ0v) is 13.1. The van der Waals surface area contributed by atoms with Gasteiger partial charge in [0.15, 0.2) is 0 Å². The number of nitrogens with zero attached hydrogens (tertiary/aromatic N) is 1. The standard InChI is InChI=1S/C17H12N2O4S/c20-15-9-11-10(4-3-7-16(11)24(21,22)23)8-12(15)17-18-13-5-1-2-6-14(13)19-17/h1-9,20H,(H,18,19)(H,21,22,23). The Bertz CT molecular complexity index is 1160. The van der Waals surface area contributed by atoms with Crippen LogP contribution in [-0.2, 0) is 10.1 Å². The van der Waals surface area contributed by atoms with Gasteiger partial charge < -0.3 is 10.1 Å². The van der Waals surface area contributed by atoms with Gasteiger partial charge in [0, 0.05) is 5.39 Å². The van der Waals surface area contributed by atoms with Crippen LogP contribution in [-0.4, -0.2) is 28.0 Å². The van der Waals surface area contributed by atoms with E-state index in [0.717, 1.165) is 11.0 Å². The fourth-order valence-electron chi connectivity index (χ4n) is 2.78. The molecule has 1 heterocycles. The molecule has 0 fully saturated rings. The number of phenols is 1. The predicted molar refractivity (Wildman–Crippen MR) is 90.5 cm³/mol. The number of H-pyrrole nitrogens is 1. The molecule has 0 aliphatic rings. The van der Waals surface area contributed by atoms with Gasteiger partial charge in [-0.15, -0.1) is 0 Å². The second-order valence-corrected chi connectivity index (χ2v) is 6.81. The molecule has 0 unspecified atom stereocenters. The van der Waals surface area contributed by atoms with E-state index in [0.29, 0.717) is 16.8 Å². The minimum Gasteiger partial charge on any atom is -0.507 e. The van der Waals surface area contributed by atoms with Gasteiger partial charge in [0.05, 0.1) is 16.6 Å². The van der Waals surface area contributed by atoms with Crippen LogP contribution in [0.3, 0.4) is 0 Å². The Kier molecular flexibility index (Phi) is 3.09. The summed E-state index contributed by atoms with van der Waals surface area (Å²) in [6.45, 7) is 0. The van der Waals surface area contributed by atoms with E-state index in [1.54, 1.807) is 12.1 Å². The molecule has 6 nitrogen and oxygen atoms in total. The van der Waals surface area contributed by atoms with E-state index in [1.165, 1.54) is 18.2 Å². The van der Waals surface area contributed by atoms with Gasteiger partial charge in [-0.05, 0) is 35.7 Å². The maximum atomic E-state index is 11.5. The van der Waals surface area contributed by atoms with Crippen LogP contribution in [0.1, 0.15) is 0 Å². The number of hydrogen-bond acceptors (Lipinski definition) is 4. The molecule has 0 aliphatic heterocycles. The van der Waals surface area contributed by atoms with Crippen LogP contribution in [0, 0.1) is 0 Å². The van der Waals surface area contributed by atoms with Crippen molar-refractivity contribution in [1.29, 1.82) is 0 Å². The number of aromatic nitrogens is 2. The molecule has 0 aliphatic carbocycles. The lowest BCUT2D eigenvalue weighted by Gasteiger charge is -2.07. The SMILES string of the molecule is O=S(=O)(O)c1cccc2cc(-c3nc4ccccc4[nH]3)c(O)cc12. The Morgan fingerprint density at radius 2 is 1.79 bits per heavy atom. The van der Waals surface area contributed by atoms with Gasteiger partial charge in [-0.3, -0.25) is 4.55 Å². The summed E-state index contributed by atoms with van der Waals surface area (Å²) in [6.07, 6.45) is 0. The first-order chi connectivity index (χ1) is 11.4. The third-order valence-corrected chi connectivity index (χ3v) is 4.79. The first kappa shape index (κ1) is 14.7. The van der Waals surface area contributed by atoms with Crippen LogP contribution in [0.2, 0.25) is 0 Å². The first-order valence-corrected chi connectivity index (χ1v) is 8.56. The van der Waals surface area contributed by atoms with Crippen molar-refractivity contribution in [3.8, 4) is 17.1 Å². The van der Waals surface area contributed by atoms with Crippen molar-refractivity contribution < 1.29 is 18.1 Å². The van der Waals surface area contributed by atoms with Crippen molar-refractivity contribution in [2.24, 2.45) is 0 Å². The molecular formula is C17H12N2O4S. The molecular weight excluding hydrogens is 328 g/mol. The summed E-state index contributed by atoms with van der Waals surface area (Å²) in [4.78, 5) is 7.32. The largest absolute Gasteiger partial charge is 0.507 e. The topological polar surface area (TPSA) is 103 Å². The molecule has 120 valence electrons. The normalized spacial score (nSPS) is 12.0. The lowest BCUT2D eigenvalue weighted by atomic mass is 10.1. The minimum absolute atomic E-state index is 0.127. The van der Waals surface area contributed by atoms with Crippen LogP contribution in [0.15, 0.2) is 59.5 Å². The van der Waals surface area contributed by atoms with Crippen molar-refractivity contribution in [1.82, 2.24) is 9.97 Å². The van der Waals surface area contributed by atoms with Crippen LogP contribution in [0.4, 0.5) is 0 Å². The average Bonchev–Trinajstić information content (AvgIpc) is 2.96. The lowest BCUT2D eigenvalue weighted by Crippen LogP contribution is -1.99. The van der Waals surface area contributed by atoms with E-state index in [9.17, 15) is 18.1 Å². The number of hydrogen-bond donors (Lipinski definition) is 3. The molecule has 1 aromatic heterocycles. The van der Waals surface area contributed by atoms with Gasteiger partial charge in [-0.25, -0.2) is 4.98 Å². The number of imidazole rings is 1. The highest BCUT2D eigenvalue weighted by atomic mass is 32.2. The summed E-state index contributed by atoms with van der Waals surface area (Å²) >= 11 is 0. The molecule has 3 aromatic carbocycles. The van der Waals surface area contributed by atoms with Crippen LogP contribution >= 0.6 is 0 Å². The number of benzene rings is 3. The number of phenolic OH excluding ortho intramolecular Hbond substituents is 1. The van der Waals surface area contributed by atoms with Gasteiger partial charge in [-0.1, -0.05) is 24.3 Å². The first-order valence-electron chi connectivity index (χ1n) is 7.12. The zero-order chi connectivity index (χ0) is 16.9. The Morgan fingerprint density at radius 3 is 2.54 bits per heavy atom. The highest BCUT2D eigenvalue weighted by molar-refractivity contribution is 7.86. The third kappa shape index (κ3) is 2.31. The van der Waals surface area contributed by atoms with Crippen molar-refractivity contribution in [3.05, 3.63) is 54.6 Å². The predicted octanol–water partition coefficient (Wildman–Crippen LogP) is 3.34. The average molecular weight is 340 g/mol. The van der Waals surface area contributed by atoms with E-state index in [-0.39, 0.29) is 16.0 Å². The quantitative estimate of drug-likeness (QED) is 0.486. The van der Waals surface area contributed by atoms with Crippen molar-refractivity contribution in [3.63, 3.8) is 0 Å². The molecule has 0 radical (unpaired) electrons. The summed E-state index contributed by atoms with van der Waals surface area (Å²) in [5, 5.41) is 11.2. The molecule has 0 atom stereocenters. The fourth-order valence-corrected chi connectivity index (χ4v) is 3.49. The molecule has 3 N–H and O–H groups in total. The second-order valence-electron chi connectivity index (χ2n) is 5.42. The molecule has 0 amide bonds. The van der Waals surface area contributed by atoms with E-state index >= 15 is 0 Å². The Labute approximate surface area is 137 Å². The molecule has 0 bridgehead atoms. The van der Waals surface area contributed by atoms with Gasteiger partial charge in [0.2, 0.25) is 0 Å². The van der Waals surface area contributed by atoms with Crippen molar-refractivity contribution in [2.45, 2.75) is 4.90 Å². The monoisotopic (exact) mass is 340 g/mol. The van der Waals surface area contributed by atoms with Crippen LogP contribution < -0.4 is 0 Å². The summed E-state index contributed by atoms with van der Waals surface area (Å²) in [5.41, 5.74) is 2.04. The van der Waals surface area contributed by atoms with Gasteiger partial charge in [-0.2, -0.15) is 8.42 Å². The summed E-state index contributed by atoms with van der Waals surface area (Å²) in [5.74, 6) is 0.352. The number of aromatic hydroxyl groups is 1. The molecule has 4 aromatic rings. The summed E-state index contributed by atoms with van der Waals surface area (Å²) in [7, 11) is -4.38. The van der Waals surface area contributed by atoms with E-state index in [4.69, 9.17) is 0 Å². The molecule has 7 heteroatoms. The van der Waals surface area contributed by atoms with E-state index in [2.05, 4.69) is 9.97 Å². The second kappa shape index (κ2) is 5.05. The Morgan fingerprint density at radius 1 is 1.00 bits per heavy atom. The molecule has 4 rings (SSSR count). The smallest absolute Gasteiger partial charge is 0.295 e. The molecule has 0 saturated carbocycles. The fraction of sp³-hybridized carbons (Fsp3) is 0. The van der Waals surface area contributed by atoms with Crippen LogP contribution in [0.25, 0.3) is 33.2 Å². The summed E-state index contributed by atoms with van der Waals surface area (Å²) < 4.78 is 32.3. The minimum atomic E-state index is -4.38. The highest BCUT2D eigenvalue weighted by Crippen LogP contribution is 2.35. The lowest BCUT2D eigenvalue weighted by molar-refractivity contribution is 0.477. The zero-order valence-electron chi connectivity index (χ0n) is 12.3. The maximum Gasteiger partial charge on any atom is 0.295 e. The van der Waals surface area contributed by atoms with Crippen LogP contribution in [0.5, 0.6) is 5.75 Å². The Balaban J connectivity index is 1.99. The number of nitrogens with one attached hydrogen (secondary N) is 1. The number of fused-ring (bicyclic) bond motifs is 2. The van der Waals surface area contributed by atoms with Gasteiger partial charge >= 0.3 is 0 Å². The number of para-hydroxylation sites is 2. The van der Waals surface area contributed by atoms with E-state index in [1.807, 2.05) is 24.3 Å². The van der Waals surface area contributed by atoms with E-state index < -0.39 is 10.1 Å². The van der Waals surface area contributed by atoms with Crippen molar-refractivity contribution >= 4 is 31.9 Å². The Hall–Kier alpha value is -2.90. The van der Waals surface area contributed by atoms with Crippen molar-refractivity contribution in [2.75, 3.05) is 0 Å². The highest BCUT2D eigenvalue weighted by Gasteiger charge is 2.17.